The molecule has 0 spiro atoms. The summed E-state index contributed by atoms with van der Waals surface area (Å²) in [6, 6.07) is 7.28. The third-order valence-corrected chi connectivity index (χ3v) is 3.81. The zero-order valence-electron chi connectivity index (χ0n) is 12.4. The Morgan fingerprint density at radius 1 is 0.810 bits per heavy atom. The van der Waals surface area contributed by atoms with Gasteiger partial charge < -0.3 is 19.3 Å². The van der Waals surface area contributed by atoms with E-state index in [-0.39, 0.29) is 5.75 Å². The van der Waals surface area contributed by atoms with E-state index in [0.717, 1.165) is 11.1 Å². The zero-order chi connectivity index (χ0) is 15.6. The number of phenolic OH excluding ortho intramolecular Hbond substituents is 1. The molecule has 112 valence electrons. The fraction of sp³-hybridized carbons (Fsp3) is 0.250. The number of halogens is 1. The minimum atomic E-state index is 0.158. The molecule has 0 atom stereocenters. The van der Waals surface area contributed by atoms with Gasteiger partial charge in [-0.25, -0.2) is 0 Å². The molecule has 2 aromatic carbocycles. The molecular formula is C16H17BrO4. The van der Waals surface area contributed by atoms with E-state index in [9.17, 15) is 5.11 Å². The Balaban J connectivity index is 2.74. The van der Waals surface area contributed by atoms with Crippen LogP contribution in [-0.4, -0.2) is 26.4 Å². The average molecular weight is 353 g/mol. The molecule has 0 saturated carbocycles. The van der Waals surface area contributed by atoms with Crippen LogP contribution in [0.2, 0.25) is 0 Å². The first-order chi connectivity index (χ1) is 10.0. The molecule has 0 bridgehead atoms. The summed E-state index contributed by atoms with van der Waals surface area (Å²) in [7, 11) is 4.71. The maximum atomic E-state index is 10.3. The molecule has 4 nitrogen and oxygen atoms in total. The molecule has 0 unspecified atom stereocenters. The van der Waals surface area contributed by atoms with Gasteiger partial charge >= 0.3 is 0 Å². The Morgan fingerprint density at radius 2 is 1.38 bits per heavy atom. The summed E-state index contributed by atoms with van der Waals surface area (Å²) in [6.07, 6.45) is 0. The highest BCUT2D eigenvalue weighted by Crippen LogP contribution is 2.45. The van der Waals surface area contributed by atoms with Gasteiger partial charge in [0.25, 0.3) is 0 Å². The molecule has 5 heteroatoms. The summed E-state index contributed by atoms with van der Waals surface area (Å²) in [5.74, 6) is 1.90. The number of aryl methyl sites for hydroxylation is 1. The number of methoxy groups -OCH3 is 3. The number of aromatic hydroxyl groups is 1. The van der Waals surface area contributed by atoms with Crippen molar-refractivity contribution >= 4 is 15.9 Å². The summed E-state index contributed by atoms with van der Waals surface area (Å²) >= 11 is 3.36. The van der Waals surface area contributed by atoms with Crippen molar-refractivity contribution < 1.29 is 19.3 Å². The van der Waals surface area contributed by atoms with Crippen LogP contribution in [0.3, 0.4) is 0 Å². The summed E-state index contributed by atoms with van der Waals surface area (Å²) in [5, 5.41) is 10.3. The summed E-state index contributed by atoms with van der Waals surface area (Å²) < 4.78 is 16.6. The van der Waals surface area contributed by atoms with Crippen LogP contribution >= 0.6 is 15.9 Å². The fourth-order valence-electron chi connectivity index (χ4n) is 2.18. The van der Waals surface area contributed by atoms with Crippen LogP contribution in [-0.2, 0) is 0 Å². The standard InChI is InChI=1S/C16H17BrO4/c1-9-5-11(16(18)12(17)6-9)10-7-14(20-3)15(21-4)8-13(10)19-2/h5-8,18H,1-4H3. The smallest absolute Gasteiger partial charge is 0.164 e. The normalized spacial score (nSPS) is 10.3. The van der Waals surface area contributed by atoms with Gasteiger partial charge in [-0.2, -0.15) is 0 Å². The highest BCUT2D eigenvalue weighted by Gasteiger charge is 2.17. The maximum Gasteiger partial charge on any atom is 0.164 e. The number of ether oxygens (including phenoxy) is 3. The van der Waals surface area contributed by atoms with Crippen LogP contribution in [0.25, 0.3) is 11.1 Å². The zero-order valence-corrected chi connectivity index (χ0v) is 13.9. The van der Waals surface area contributed by atoms with Gasteiger partial charge in [0.15, 0.2) is 11.5 Å². The molecule has 21 heavy (non-hydrogen) atoms. The Kier molecular flexibility index (Phi) is 4.63. The monoisotopic (exact) mass is 352 g/mol. The minimum absolute atomic E-state index is 0.158. The van der Waals surface area contributed by atoms with E-state index in [1.165, 1.54) is 0 Å². The van der Waals surface area contributed by atoms with Gasteiger partial charge in [-0.3, -0.25) is 0 Å². The molecule has 0 aliphatic carbocycles. The van der Waals surface area contributed by atoms with Gasteiger partial charge in [-0.15, -0.1) is 0 Å². The van der Waals surface area contributed by atoms with E-state index in [1.807, 2.05) is 19.1 Å². The van der Waals surface area contributed by atoms with Crippen molar-refractivity contribution in [3.63, 3.8) is 0 Å². The molecule has 0 aromatic heterocycles. The predicted octanol–water partition coefficient (Wildman–Crippen LogP) is 4.16. The molecule has 0 heterocycles. The molecule has 2 rings (SSSR count). The fourth-order valence-corrected chi connectivity index (χ4v) is 2.75. The summed E-state index contributed by atoms with van der Waals surface area (Å²) in [6.45, 7) is 1.96. The third kappa shape index (κ3) is 2.93. The number of hydrogen-bond donors (Lipinski definition) is 1. The van der Waals surface area contributed by atoms with Crippen LogP contribution < -0.4 is 14.2 Å². The Morgan fingerprint density at radius 3 is 1.95 bits per heavy atom. The van der Waals surface area contributed by atoms with Crippen molar-refractivity contribution in [3.05, 3.63) is 34.3 Å². The highest BCUT2D eigenvalue weighted by molar-refractivity contribution is 9.10. The van der Waals surface area contributed by atoms with E-state index in [1.54, 1.807) is 33.5 Å². The number of benzene rings is 2. The van der Waals surface area contributed by atoms with Crippen molar-refractivity contribution in [2.45, 2.75) is 6.92 Å². The second kappa shape index (κ2) is 6.26. The molecule has 1 N–H and O–H groups in total. The molecule has 0 radical (unpaired) electrons. The van der Waals surface area contributed by atoms with E-state index in [2.05, 4.69) is 15.9 Å². The maximum absolute atomic E-state index is 10.3. The topological polar surface area (TPSA) is 47.9 Å². The van der Waals surface area contributed by atoms with Gasteiger partial charge in [0, 0.05) is 17.2 Å². The first kappa shape index (κ1) is 15.5. The van der Waals surface area contributed by atoms with E-state index >= 15 is 0 Å². The van der Waals surface area contributed by atoms with Gasteiger partial charge in [0.1, 0.15) is 11.5 Å². The lowest BCUT2D eigenvalue weighted by molar-refractivity contribution is 0.349. The largest absolute Gasteiger partial charge is 0.506 e. The Hall–Kier alpha value is -1.88. The first-order valence-corrected chi connectivity index (χ1v) is 7.10. The number of hydrogen-bond acceptors (Lipinski definition) is 4. The minimum Gasteiger partial charge on any atom is -0.506 e. The lowest BCUT2D eigenvalue weighted by atomic mass is 10.0. The van der Waals surface area contributed by atoms with Crippen molar-refractivity contribution in [1.82, 2.24) is 0 Å². The van der Waals surface area contributed by atoms with Gasteiger partial charge in [-0.1, -0.05) is 0 Å². The summed E-state index contributed by atoms with van der Waals surface area (Å²) in [4.78, 5) is 0. The lowest BCUT2D eigenvalue weighted by Gasteiger charge is -2.16. The van der Waals surface area contributed by atoms with Crippen molar-refractivity contribution in [3.8, 4) is 34.1 Å². The second-order valence-electron chi connectivity index (χ2n) is 4.55. The quantitative estimate of drug-likeness (QED) is 0.897. The van der Waals surface area contributed by atoms with Crippen LogP contribution in [0.15, 0.2) is 28.7 Å². The average Bonchev–Trinajstić information content (AvgIpc) is 2.49. The van der Waals surface area contributed by atoms with Crippen LogP contribution in [0.5, 0.6) is 23.0 Å². The van der Waals surface area contributed by atoms with Gasteiger partial charge in [0.05, 0.1) is 25.8 Å². The molecule has 0 fully saturated rings. The molecule has 0 amide bonds. The SMILES string of the molecule is COc1cc(OC)c(-c2cc(C)cc(Br)c2O)cc1OC. The van der Waals surface area contributed by atoms with E-state index in [4.69, 9.17) is 14.2 Å². The Labute approximate surface area is 132 Å². The molecular weight excluding hydrogens is 336 g/mol. The third-order valence-electron chi connectivity index (χ3n) is 3.20. The van der Waals surface area contributed by atoms with Gasteiger partial charge in [0.2, 0.25) is 0 Å². The first-order valence-electron chi connectivity index (χ1n) is 6.31. The van der Waals surface area contributed by atoms with Crippen LogP contribution in [0.4, 0.5) is 0 Å². The van der Waals surface area contributed by atoms with Crippen molar-refractivity contribution in [1.29, 1.82) is 0 Å². The van der Waals surface area contributed by atoms with Crippen molar-refractivity contribution in [2.75, 3.05) is 21.3 Å². The van der Waals surface area contributed by atoms with Crippen LogP contribution in [0, 0.1) is 6.92 Å². The molecule has 0 aliphatic heterocycles. The van der Waals surface area contributed by atoms with Crippen molar-refractivity contribution in [2.24, 2.45) is 0 Å². The van der Waals surface area contributed by atoms with E-state index < -0.39 is 0 Å². The highest BCUT2D eigenvalue weighted by atomic mass is 79.9. The number of phenols is 1. The molecule has 0 saturated heterocycles. The Bertz CT molecular complexity index is 668. The summed E-state index contributed by atoms with van der Waals surface area (Å²) in [5.41, 5.74) is 2.42. The van der Waals surface area contributed by atoms with Crippen LogP contribution in [0.1, 0.15) is 5.56 Å². The second-order valence-corrected chi connectivity index (χ2v) is 5.40. The lowest BCUT2D eigenvalue weighted by Crippen LogP contribution is -1.95. The predicted molar refractivity (Wildman–Crippen MR) is 85.6 cm³/mol. The number of rotatable bonds is 4. The van der Waals surface area contributed by atoms with Gasteiger partial charge in [-0.05, 0) is 46.6 Å². The molecule has 2 aromatic rings. The molecule has 0 aliphatic rings. The van der Waals surface area contributed by atoms with E-state index in [0.29, 0.717) is 27.3 Å².